The molecule has 104 valence electrons. The predicted molar refractivity (Wildman–Crippen MR) is 75.5 cm³/mol. The van der Waals surface area contributed by atoms with Crippen molar-refractivity contribution in [1.82, 2.24) is 9.78 Å². The van der Waals surface area contributed by atoms with Crippen molar-refractivity contribution in [2.24, 2.45) is 5.92 Å². The van der Waals surface area contributed by atoms with Crippen LogP contribution in [0.25, 0.3) is 0 Å². The standard InChI is InChI=1S/C16H24N2O/c1-12(13-8-9-13)18-10-15(11-19)16(17-18)14-6-4-2-3-5-7-14/h10-14H,2-9H2,1H3. The van der Waals surface area contributed by atoms with E-state index in [9.17, 15) is 4.79 Å². The molecule has 1 unspecified atom stereocenters. The van der Waals surface area contributed by atoms with Gasteiger partial charge in [-0.2, -0.15) is 5.10 Å². The van der Waals surface area contributed by atoms with Crippen LogP contribution in [0.15, 0.2) is 6.20 Å². The Morgan fingerprint density at radius 3 is 2.47 bits per heavy atom. The molecule has 2 aliphatic rings. The van der Waals surface area contributed by atoms with Gasteiger partial charge in [0, 0.05) is 12.1 Å². The monoisotopic (exact) mass is 260 g/mol. The number of aromatic nitrogens is 2. The van der Waals surface area contributed by atoms with Crippen LogP contribution in [0.2, 0.25) is 0 Å². The fraction of sp³-hybridized carbons (Fsp3) is 0.750. The average Bonchev–Trinajstić information content (AvgIpc) is 3.22. The van der Waals surface area contributed by atoms with E-state index < -0.39 is 0 Å². The minimum absolute atomic E-state index is 0.457. The molecule has 1 aromatic heterocycles. The Balaban J connectivity index is 1.83. The molecule has 3 nitrogen and oxygen atoms in total. The van der Waals surface area contributed by atoms with Crippen molar-refractivity contribution in [2.75, 3.05) is 0 Å². The second-order valence-electron chi connectivity index (χ2n) is 6.33. The van der Waals surface area contributed by atoms with Crippen LogP contribution in [-0.2, 0) is 0 Å². The van der Waals surface area contributed by atoms with Crippen LogP contribution in [0, 0.1) is 5.92 Å². The van der Waals surface area contributed by atoms with Crippen molar-refractivity contribution in [3.05, 3.63) is 17.5 Å². The van der Waals surface area contributed by atoms with Gasteiger partial charge in [0.1, 0.15) is 0 Å². The van der Waals surface area contributed by atoms with Gasteiger partial charge in [0.15, 0.2) is 6.29 Å². The van der Waals surface area contributed by atoms with E-state index in [-0.39, 0.29) is 0 Å². The van der Waals surface area contributed by atoms with E-state index in [0.29, 0.717) is 12.0 Å². The van der Waals surface area contributed by atoms with Gasteiger partial charge >= 0.3 is 0 Å². The lowest BCUT2D eigenvalue weighted by atomic mass is 9.94. The third-order valence-corrected chi connectivity index (χ3v) is 4.88. The SMILES string of the molecule is CC(C1CC1)n1cc(C=O)c(C2CCCCCC2)n1. The summed E-state index contributed by atoms with van der Waals surface area (Å²) in [5, 5.41) is 4.79. The first-order valence-corrected chi connectivity index (χ1v) is 7.84. The Morgan fingerprint density at radius 1 is 1.21 bits per heavy atom. The number of rotatable bonds is 4. The molecule has 0 spiro atoms. The minimum atomic E-state index is 0.457. The average molecular weight is 260 g/mol. The van der Waals surface area contributed by atoms with Crippen molar-refractivity contribution in [3.8, 4) is 0 Å². The molecule has 3 heteroatoms. The molecule has 0 bridgehead atoms. The Kier molecular flexibility index (Phi) is 3.72. The zero-order valence-corrected chi connectivity index (χ0v) is 11.8. The van der Waals surface area contributed by atoms with Gasteiger partial charge in [-0.25, -0.2) is 0 Å². The highest BCUT2D eigenvalue weighted by Crippen LogP contribution is 2.40. The zero-order valence-electron chi connectivity index (χ0n) is 11.8. The third-order valence-electron chi connectivity index (χ3n) is 4.88. The third kappa shape index (κ3) is 2.75. The van der Waals surface area contributed by atoms with Gasteiger partial charge in [-0.05, 0) is 38.5 Å². The Morgan fingerprint density at radius 2 is 1.89 bits per heavy atom. The van der Waals surface area contributed by atoms with Crippen molar-refractivity contribution >= 4 is 6.29 Å². The number of carbonyl (C=O) groups excluding carboxylic acids is 1. The summed E-state index contributed by atoms with van der Waals surface area (Å²) >= 11 is 0. The summed E-state index contributed by atoms with van der Waals surface area (Å²) < 4.78 is 2.06. The maximum Gasteiger partial charge on any atom is 0.153 e. The molecule has 1 aromatic rings. The van der Waals surface area contributed by atoms with Gasteiger partial charge in [-0.15, -0.1) is 0 Å². The van der Waals surface area contributed by atoms with E-state index in [4.69, 9.17) is 5.10 Å². The molecule has 2 aliphatic carbocycles. The number of nitrogens with zero attached hydrogens (tertiary/aromatic N) is 2. The molecule has 0 saturated heterocycles. The van der Waals surface area contributed by atoms with Crippen LogP contribution in [0.4, 0.5) is 0 Å². The summed E-state index contributed by atoms with van der Waals surface area (Å²) in [4.78, 5) is 11.3. The molecule has 19 heavy (non-hydrogen) atoms. The van der Waals surface area contributed by atoms with Crippen LogP contribution in [0.1, 0.15) is 86.3 Å². The second kappa shape index (κ2) is 5.48. The molecular formula is C16H24N2O. The van der Waals surface area contributed by atoms with E-state index in [1.54, 1.807) is 0 Å². The minimum Gasteiger partial charge on any atom is -0.298 e. The Bertz CT molecular complexity index is 440. The highest BCUT2D eigenvalue weighted by molar-refractivity contribution is 5.76. The molecule has 1 atom stereocenters. The lowest BCUT2D eigenvalue weighted by molar-refractivity contribution is 0.112. The molecular weight excluding hydrogens is 236 g/mol. The van der Waals surface area contributed by atoms with Gasteiger partial charge in [0.25, 0.3) is 0 Å². The largest absolute Gasteiger partial charge is 0.298 e. The van der Waals surface area contributed by atoms with Crippen LogP contribution in [0.3, 0.4) is 0 Å². The number of hydrogen-bond donors (Lipinski definition) is 0. The molecule has 0 radical (unpaired) electrons. The van der Waals surface area contributed by atoms with Crippen LogP contribution < -0.4 is 0 Å². The second-order valence-corrected chi connectivity index (χ2v) is 6.33. The van der Waals surface area contributed by atoms with Gasteiger partial charge < -0.3 is 0 Å². The Hall–Kier alpha value is -1.12. The smallest absolute Gasteiger partial charge is 0.153 e. The van der Waals surface area contributed by atoms with Gasteiger partial charge in [0.05, 0.1) is 17.3 Å². The highest BCUT2D eigenvalue weighted by atomic mass is 16.1. The maximum absolute atomic E-state index is 11.3. The van der Waals surface area contributed by atoms with Crippen molar-refractivity contribution < 1.29 is 4.79 Å². The van der Waals surface area contributed by atoms with Crippen LogP contribution in [-0.4, -0.2) is 16.1 Å². The maximum atomic E-state index is 11.3. The first-order chi connectivity index (χ1) is 9.29. The van der Waals surface area contributed by atoms with E-state index in [1.165, 1.54) is 51.4 Å². The molecule has 2 saturated carbocycles. The normalized spacial score (nSPS) is 23.0. The van der Waals surface area contributed by atoms with Crippen molar-refractivity contribution in [1.29, 1.82) is 0 Å². The summed E-state index contributed by atoms with van der Waals surface area (Å²) in [5.74, 6) is 1.29. The number of carbonyl (C=O) groups is 1. The van der Waals surface area contributed by atoms with E-state index in [1.807, 2.05) is 6.20 Å². The molecule has 0 amide bonds. The zero-order chi connectivity index (χ0) is 13.2. The number of aldehydes is 1. The van der Waals surface area contributed by atoms with E-state index in [2.05, 4.69) is 11.6 Å². The first kappa shape index (κ1) is 12.9. The van der Waals surface area contributed by atoms with Gasteiger partial charge in [0.2, 0.25) is 0 Å². The summed E-state index contributed by atoms with van der Waals surface area (Å²) in [6.45, 7) is 2.23. The molecule has 2 fully saturated rings. The van der Waals surface area contributed by atoms with Crippen molar-refractivity contribution in [3.63, 3.8) is 0 Å². The molecule has 0 N–H and O–H groups in total. The number of hydrogen-bond acceptors (Lipinski definition) is 2. The molecule has 0 aromatic carbocycles. The molecule has 0 aliphatic heterocycles. The summed E-state index contributed by atoms with van der Waals surface area (Å²) in [6, 6.07) is 0.457. The summed E-state index contributed by atoms with van der Waals surface area (Å²) in [7, 11) is 0. The topological polar surface area (TPSA) is 34.9 Å². The van der Waals surface area contributed by atoms with E-state index in [0.717, 1.165) is 23.5 Å². The predicted octanol–water partition coefficient (Wildman–Crippen LogP) is 4.10. The fourth-order valence-electron chi connectivity index (χ4n) is 3.38. The van der Waals surface area contributed by atoms with E-state index >= 15 is 0 Å². The van der Waals surface area contributed by atoms with Crippen LogP contribution in [0.5, 0.6) is 0 Å². The van der Waals surface area contributed by atoms with Gasteiger partial charge in [-0.3, -0.25) is 9.48 Å². The highest BCUT2D eigenvalue weighted by Gasteiger charge is 2.31. The first-order valence-electron chi connectivity index (χ1n) is 7.84. The van der Waals surface area contributed by atoms with Crippen LogP contribution >= 0.6 is 0 Å². The van der Waals surface area contributed by atoms with Gasteiger partial charge in [-0.1, -0.05) is 25.7 Å². The van der Waals surface area contributed by atoms with Crippen molar-refractivity contribution in [2.45, 2.75) is 70.3 Å². The lowest BCUT2D eigenvalue weighted by Crippen LogP contribution is -2.09. The summed E-state index contributed by atoms with van der Waals surface area (Å²) in [6.07, 6.45) is 13.3. The molecule has 1 heterocycles. The fourth-order valence-corrected chi connectivity index (χ4v) is 3.38. The summed E-state index contributed by atoms with van der Waals surface area (Å²) in [5.41, 5.74) is 1.91. The molecule has 3 rings (SSSR count). The lowest BCUT2D eigenvalue weighted by Gasteiger charge is -2.13. The quantitative estimate of drug-likeness (QED) is 0.603. The Labute approximate surface area is 115 Å².